The Hall–Kier alpha value is -4.13. The number of amides is 1. The summed E-state index contributed by atoms with van der Waals surface area (Å²) in [5.74, 6) is 0.839. The molecule has 7 heteroatoms. The highest BCUT2D eigenvalue weighted by atomic mass is 16.5. The van der Waals surface area contributed by atoms with Gasteiger partial charge in [-0.1, -0.05) is 70.7 Å². The van der Waals surface area contributed by atoms with Crippen molar-refractivity contribution in [3.63, 3.8) is 0 Å². The first-order valence-electron chi connectivity index (χ1n) is 16.9. The number of carbonyl (C=O) groups is 2. The number of nitrogens with one attached hydrogen (secondary N) is 1. The minimum Gasteiger partial charge on any atom is -0.491 e. The number of fused-ring (bicyclic) bond motifs is 1. The lowest BCUT2D eigenvalue weighted by Crippen LogP contribution is -2.46. The molecule has 3 aliphatic rings. The Morgan fingerprint density at radius 1 is 0.957 bits per heavy atom. The van der Waals surface area contributed by atoms with Crippen LogP contribution in [0.5, 0.6) is 11.5 Å². The van der Waals surface area contributed by atoms with Gasteiger partial charge in [-0.15, -0.1) is 0 Å². The number of carboxylic acid groups (broad SMARTS) is 1. The summed E-state index contributed by atoms with van der Waals surface area (Å²) in [6, 6.07) is 14.7. The number of aromatic nitrogens is 1. The van der Waals surface area contributed by atoms with Gasteiger partial charge in [0.05, 0.1) is 6.10 Å². The fourth-order valence-corrected chi connectivity index (χ4v) is 7.00. The van der Waals surface area contributed by atoms with Gasteiger partial charge in [-0.05, 0) is 103 Å². The average Bonchev–Trinajstić information content (AvgIpc) is 3.75. The number of rotatable bonds is 10. The van der Waals surface area contributed by atoms with Crippen molar-refractivity contribution in [3.05, 3.63) is 89.5 Å². The molecule has 0 saturated heterocycles. The molecule has 2 atom stereocenters. The maximum Gasteiger partial charge on any atom is 0.326 e. The average molecular weight is 623 g/mol. The molecule has 0 bridgehead atoms. The molecule has 2 fully saturated rings. The van der Waals surface area contributed by atoms with E-state index in [0.29, 0.717) is 18.1 Å². The van der Waals surface area contributed by atoms with Crippen molar-refractivity contribution in [3.8, 4) is 11.5 Å². The van der Waals surface area contributed by atoms with Gasteiger partial charge in [0.1, 0.15) is 29.0 Å². The van der Waals surface area contributed by atoms with Crippen LogP contribution >= 0.6 is 0 Å². The third-order valence-electron chi connectivity index (χ3n) is 9.71. The SMILES string of the molecule is CC(C)(C)c1ccc(Oc2ccc3cc(C(=O)N[C@H](C(=O)O)C4C=CC(OC5CCCC5)=CC4)nc(CC4CCCC4)c3c2)cc1. The topological polar surface area (TPSA) is 97.8 Å². The molecular weight excluding hydrogens is 576 g/mol. The molecule has 242 valence electrons. The van der Waals surface area contributed by atoms with Crippen molar-refractivity contribution in [2.24, 2.45) is 11.8 Å². The minimum atomic E-state index is -1.08. The Morgan fingerprint density at radius 3 is 2.30 bits per heavy atom. The first-order valence-corrected chi connectivity index (χ1v) is 16.9. The smallest absolute Gasteiger partial charge is 0.326 e. The zero-order valence-electron chi connectivity index (χ0n) is 27.3. The molecule has 2 N–H and O–H groups in total. The number of aliphatic carboxylic acids is 1. The molecular formula is C39H46N2O5. The van der Waals surface area contributed by atoms with Gasteiger partial charge in [-0.2, -0.15) is 0 Å². The van der Waals surface area contributed by atoms with E-state index in [1.807, 2.05) is 48.6 Å². The van der Waals surface area contributed by atoms with Gasteiger partial charge in [0.25, 0.3) is 5.91 Å². The van der Waals surface area contributed by atoms with E-state index in [9.17, 15) is 14.7 Å². The number of allylic oxidation sites excluding steroid dienone is 2. The zero-order valence-corrected chi connectivity index (χ0v) is 27.3. The predicted octanol–water partition coefficient (Wildman–Crippen LogP) is 8.66. The molecule has 0 spiro atoms. The molecule has 6 rings (SSSR count). The fourth-order valence-electron chi connectivity index (χ4n) is 7.00. The molecule has 1 unspecified atom stereocenters. The third-order valence-corrected chi connectivity index (χ3v) is 9.71. The Kier molecular flexibility index (Phi) is 9.48. The van der Waals surface area contributed by atoms with Crippen LogP contribution in [0.25, 0.3) is 10.8 Å². The Morgan fingerprint density at radius 2 is 1.65 bits per heavy atom. The molecule has 0 radical (unpaired) electrons. The lowest BCUT2D eigenvalue weighted by molar-refractivity contribution is -0.140. The van der Waals surface area contributed by atoms with Crippen molar-refractivity contribution >= 4 is 22.6 Å². The van der Waals surface area contributed by atoms with Gasteiger partial charge in [-0.3, -0.25) is 4.79 Å². The van der Waals surface area contributed by atoms with Crippen molar-refractivity contribution in [1.29, 1.82) is 0 Å². The number of carbonyl (C=O) groups excluding carboxylic acids is 1. The number of benzene rings is 2. The van der Waals surface area contributed by atoms with Crippen LogP contribution in [-0.4, -0.2) is 34.1 Å². The first-order chi connectivity index (χ1) is 22.1. The second kappa shape index (κ2) is 13.7. The van der Waals surface area contributed by atoms with Crippen LogP contribution in [0.4, 0.5) is 0 Å². The molecule has 0 aliphatic heterocycles. The highest BCUT2D eigenvalue weighted by molar-refractivity contribution is 5.99. The molecule has 46 heavy (non-hydrogen) atoms. The van der Waals surface area contributed by atoms with E-state index < -0.39 is 17.9 Å². The van der Waals surface area contributed by atoms with Crippen molar-refractivity contribution < 1.29 is 24.2 Å². The highest BCUT2D eigenvalue weighted by Gasteiger charge is 2.31. The Balaban J connectivity index is 1.21. The summed E-state index contributed by atoms with van der Waals surface area (Å²) in [5.41, 5.74) is 2.39. The van der Waals surface area contributed by atoms with E-state index in [0.717, 1.165) is 60.1 Å². The van der Waals surface area contributed by atoms with E-state index >= 15 is 0 Å². The van der Waals surface area contributed by atoms with Crippen LogP contribution < -0.4 is 10.1 Å². The van der Waals surface area contributed by atoms with Gasteiger partial charge >= 0.3 is 5.97 Å². The van der Waals surface area contributed by atoms with Crippen LogP contribution in [0, 0.1) is 11.8 Å². The van der Waals surface area contributed by atoms with Crippen LogP contribution in [0.1, 0.15) is 100 Å². The highest BCUT2D eigenvalue weighted by Crippen LogP contribution is 2.34. The first kappa shape index (κ1) is 31.8. The maximum atomic E-state index is 13.6. The fraction of sp³-hybridized carbons (Fsp3) is 0.462. The van der Waals surface area contributed by atoms with Crippen LogP contribution in [0.2, 0.25) is 0 Å². The van der Waals surface area contributed by atoms with Crippen LogP contribution in [0.3, 0.4) is 0 Å². The number of hydrogen-bond acceptors (Lipinski definition) is 5. The molecule has 1 aromatic heterocycles. The van der Waals surface area contributed by atoms with Crippen LogP contribution in [-0.2, 0) is 21.4 Å². The van der Waals surface area contributed by atoms with Crippen molar-refractivity contribution in [2.45, 2.75) is 103 Å². The van der Waals surface area contributed by atoms with Gasteiger partial charge in [-0.25, -0.2) is 9.78 Å². The predicted molar refractivity (Wildman–Crippen MR) is 180 cm³/mol. The summed E-state index contributed by atoms with van der Waals surface area (Å²) in [5, 5.41) is 14.7. The largest absolute Gasteiger partial charge is 0.491 e. The van der Waals surface area contributed by atoms with Crippen LogP contribution in [0.15, 0.2) is 72.5 Å². The zero-order chi connectivity index (χ0) is 32.3. The second-order valence-electron chi connectivity index (χ2n) is 14.2. The van der Waals surface area contributed by atoms with Gasteiger partial charge in [0.15, 0.2) is 0 Å². The van der Waals surface area contributed by atoms with Gasteiger partial charge in [0.2, 0.25) is 0 Å². The van der Waals surface area contributed by atoms with E-state index in [1.165, 1.54) is 31.2 Å². The summed E-state index contributed by atoms with van der Waals surface area (Å²) in [6.07, 6.45) is 16.3. The molecule has 3 aliphatic carbocycles. The Labute approximate surface area is 272 Å². The number of carboxylic acids is 1. The lowest BCUT2D eigenvalue weighted by Gasteiger charge is -2.25. The van der Waals surface area contributed by atoms with Crippen molar-refractivity contribution in [1.82, 2.24) is 10.3 Å². The third kappa shape index (κ3) is 7.63. The summed E-state index contributed by atoms with van der Waals surface area (Å²) < 4.78 is 12.3. The minimum absolute atomic E-state index is 0.0635. The molecule has 2 saturated carbocycles. The lowest BCUT2D eigenvalue weighted by atomic mass is 9.87. The number of nitrogens with zero attached hydrogens (tertiary/aromatic N) is 1. The number of hydrogen-bond donors (Lipinski definition) is 2. The van der Waals surface area contributed by atoms with Gasteiger partial charge in [0, 0.05) is 17.0 Å². The van der Waals surface area contributed by atoms with E-state index in [1.54, 1.807) is 6.07 Å². The summed E-state index contributed by atoms with van der Waals surface area (Å²) >= 11 is 0. The monoisotopic (exact) mass is 622 g/mol. The van der Waals surface area contributed by atoms with Crippen molar-refractivity contribution in [2.75, 3.05) is 0 Å². The molecule has 3 aromatic rings. The normalized spacial score (nSPS) is 19.6. The Bertz CT molecular complexity index is 1620. The summed E-state index contributed by atoms with van der Waals surface area (Å²) in [7, 11) is 0. The molecule has 7 nitrogen and oxygen atoms in total. The number of pyridine rings is 1. The quantitative estimate of drug-likeness (QED) is 0.235. The summed E-state index contributed by atoms with van der Waals surface area (Å²) in [4.78, 5) is 30.8. The van der Waals surface area contributed by atoms with E-state index in [-0.39, 0.29) is 23.1 Å². The maximum absolute atomic E-state index is 13.6. The standard InChI is InChI=1S/C39H46N2O5/c1-39(2,3)28-15-20-31(21-16-28)46-32-19-14-27-23-35(40-34(33(27)24-32)22-25-8-4-5-9-25)37(42)41-36(38(43)44)26-12-17-30(18-13-26)45-29-10-6-7-11-29/h12,14-21,23-26,29,36H,4-11,13,22H2,1-3H3,(H,41,42)(H,43,44)/t26?,36-/m0/s1. The second-order valence-corrected chi connectivity index (χ2v) is 14.2. The van der Waals surface area contributed by atoms with Gasteiger partial charge < -0.3 is 19.9 Å². The molecule has 1 amide bonds. The molecule has 2 aromatic carbocycles. The summed E-state index contributed by atoms with van der Waals surface area (Å²) in [6.45, 7) is 6.57. The van der Waals surface area contributed by atoms with E-state index in [2.05, 4.69) is 38.2 Å². The van der Waals surface area contributed by atoms with E-state index in [4.69, 9.17) is 14.5 Å². The number of ether oxygens (including phenoxy) is 2. The molecule has 1 heterocycles.